The number of phosphoric acid groups is 1. The quantitative estimate of drug-likeness (QED) is 0.0398. The van der Waals surface area contributed by atoms with Crippen molar-refractivity contribution in [2.24, 2.45) is 0 Å². The van der Waals surface area contributed by atoms with Gasteiger partial charge in [0.1, 0.15) is 5.75 Å². The minimum Gasteiger partial charge on any atom is -0.822 e. The SMILES string of the molecule is CCCCCCCCCCCCCCCCCCc1ccc(O)c(CCCCCCCCCCCCCCCCCC)c1CCCCCCCCCCCCCCCCCC.O=P([O-])([O-])[O-].[K+].[K+].[K+]. The molecule has 0 aliphatic heterocycles. The number of phenolic OH excluding ortho intramolecular Hbond substituents is 1. The van der Waals surface area contributed by atoms with Crippen LogP contribution in [0.4, 0.5) is 0 Å². The Hall–Kier alpha value is 4.04. The number of hydrogen-bond acceptors (Lipinski definition) is 5. The Morgan fingerprint density at radius 2 is 0.478 bits per heavy atom. The number of phenols is 1. The van der Waals surface area contributed by atoms with Crippen molar-refractivity contribution < 1.29 is 179 Å². The van der Waals surface area contributed by atoms with Gasteiger partial charge in [-0.05, 0) is 61.3 Å². The molecule has 0 unspecified atom stereocenters. The van der Waals surface area contributed by atoms with E-state index in [0.717, 1.165) is 6.42 Å². The zero-order valence-electron chi connectivity index (χ0n) is 47.7. The Morgan fingerprint density at radius 3 is 0.696 bits per heavy atom. The molecule has 0 atom stereocenters. The number of aromatic hydroxyl groups is 1. The Morgan fingerprint density at radius 1 is 0.304 bits per heavy atom. The molecule has 1 N–H and O–H groups in total. The van der Waals surface area contributed by atoms with Crippen molar-refractivity contribution in [1.29, 1.82) is 0 Å². The summed E-state index contributed by atoms with van der Waals surface area (Å²) in [4.78, 5) is 25.6. The van der Waals surface area contributed by atoms with Gasteiger partial charge in [0.25, 0.3) is 0 Å². The first-order chi connectivity index (χ1) is 32.2. The van der Waals surface area contributed by atoms with Gasteiger partial charge in [-0.15, -0.1) is 0 Å². The summed E-state index contributed by atoms with van der Waals surface area (Å²) in [6, 6.07) is 4.36. The van der Waals surface area contributed by atoms with Crippen molar-refractivity contribution in [3.05, 3.63) is 28.8 Å². The molecule has 0 saturated carbocycles. The second-order valence-electron chi connectivity index (χ2n) is 20.8. The molecule has 1 aromatic carbocycles. The van der Waals surface area contributed by atoms with E-state index in [0.29, 0.717) is 5.75 Å². The zero-order chi connectivity index (χ0) is 48.3. The molecule has 1 rings (SSSR count). The third-order valence-corrected chi connectivity index (χ3v) is 14.4. The molecular formula is C60H114K3O5P. The van der Waals surface area contributed by atoms with E-state index in [4.69, 9.17) is 19.2 Å². The van der Waals surface area contributed by atoms with Crippen LogP contribution in [0.5, 0.6) is 5.75 Å². The third-order valence-electron chi connectivity index (χ3n) is 14.4. The minimum absolute atomic E-state index is 0. The second kappa shape index (κ2) is 64.6. The van der Waals surface area contributed by atoms with Crippen LogP contribution in [0.2, 0.25) is 0 Å². The largest absolute Gasteiger partial charge is 1.00 e. The molecule has 1 aromatic rings. The van der Waals surface area contributed by atoms with Crippen LogP contribution in [-0.2, 0) is 23.8 Å². The summed E-state index contributed by atoms with van der Waals surface area (Å²) in [5, 5.41) is 11.2. The van der Waals surface area contributed by atoms with E-state index in [1.165, 1.54) is 327 Å². The van der Waals surface area contributed by atoms with Crippen LogP contribution in [0.15, 0.2) is 12.1 Å². The minimum atomic E-state index is -5.39. The predicted octanol–water partition coefficient (Wildman–Crippen LogP) is 9.99. The molecule has 5 nitrogen and oxygen atoms in total. The first kappa shape index (κ1) is 79.5. The predicted molar refractivity (Wildman–Crippen MR) is 285 cm³/mol. The molecule has 0 bridgehead atoms. The normalized spacial score (nSPS) is 11.2. The summed E-state index contributed by atoms with van der Waals surface area (Å²) >= 11 is 0. The molecule has 0 aliphatic carbocycles. The molecule has 0 spiro atoms. The monoisotopic (exact) mass is 1060 g/mol. The summed E-state index contributed by atoms with van der Waals surface area (Å²) in [6.45, 7) is 6.94. The van der Waals surface area contributed by atoms with Gasteiger partial charge in [0.15, 0.2) is 0 Å². The number of rotatable bonds is 51. The van der Waals surface area contributed by atoms with Gasteiger partial charge >= 0.3 is 154 Å². The van der Waals surface area contributed by atoms with Gasteiger partial charge in [0.05, 0.1) is 0 Å². The van der Waals surface area contributed by atoms with Crippen molar-refractivity contribution in [3.63, 3.8) is 0 Å². The molecule has 0 heterocycles. The number of aryl methyl sites for hydroxylation is 1. The van der Waals surface area contributed by atoms with Crippen LogP contribution in [0.3, 0.4) is 0 Å². The van der Waals surface area contributed by atoms with Crippen molar-refractivity contribution in [1.82, 2.24) is 0 Å². The molecule has 0 fully saturated rings. The molecule has 0 radical (unpaired) electrons. The standard InChI is InChI=1S/C60H114O.3K.H3O4P/c1-4-7-10-13-16-19-22-25-28-31-34-37-40-43-46-49-52-57-55-56-60(61)59(54-51-48-45-42-39-36-33-30-27-24-21-18-15-12-9-6-3)58(57)53-50-47-44-41-38-35-32-29-26-23-20-17-14-11-8-5-2;;;;1-5(2,3)4/h55-56,61H,4-54H2,1-3H3;;;;(H3,1,2,3,4)/q;3*+1;/p-3. The summed E-state index contributed by atoms with van der Waals surface area (Å²) in [6.07, 6.45) is 71.7. The van der Waals surface area contributed by atoms with E-state index in [1.54, 1.807) is 11.1 Å². The van der Waals surface area contributed by atoms with E-state index in [9.17, 15) is 5.11 Å². The maximum absolute atomic E-state index is 11.2. The Labute approximate surface area is 560 Å². The van der Waals surface area contributed by atoms with E-state index in [-0.39, 0.29) is 154 Å². The Kier molecular flexibility index (Phi) is 74.4. The van der Waals surface area contributed by atoms with Crippen LogP contribution in [0, 0.1) is 0 Å². The topological polar surface area (TPSA) is 106 Å². The number of hydrogen-bond donors (Lipinski definition) is 1. The smallest absolute Gasteiger partial charge is 0.822 e. The molecule has 69 heavy (non-hydrogen) atoms. The average Bonchev–Trinajstić information content (AvgIpc) is 3.29. The first-order valence-corrected chi connectivity index (χ1v) is 31.3. The van der Waals surface area contributed by atoms with Crippen molar-refractivity contribution >= 4 is 7.82 Å². The van der Waals surface area contributed by atoms with Crippen molar-refractivity contribution in [2.75, 3.05) is 0 Å². The van der Waals surface area contributed by atoms with Gasteiger partial charge in [0.2, 0.25) is 0 Å². The van der Waals surface area contributed by atoms with Gasteiger partial charge in [-0.3, -0.25) is 0 Å². The van der Waals surface area contributed by atoms with Crippen LogP contribution in [0.25, 0.3) is 0 Å². The number of benzene rings is 1. The molecule has 0 saturated heterocycles. The van der Waals surface area contributed by atoms with E-state index in [1.807, 2.05) is 0 Å². The fraction of sp³-hybridized carbons (Fsp3) is 0.900. The average molecular weight is 1060 g/mol. The zero-order valence-corrected chi connectivity index (χ0v) is 58.0. The maximum Gasteiger partial charge on any atom is 1.00 e. The van der Waals surface area contributed by atoms with Crippen LogP contribution in [0.1, 0.15) is 346 Å². The van der Waals surface area contributed by atoms with E-state index >= 15 is 0 Å². The van der Waals surface area contributed by atoms with E-state index < -0.39 is 7.82 Å². The second-order valence-corrected chi connectivity index (χ2v) is 21.7. The van der Waals surface area contributed by atoms with Gasteiger partial charge < -0.3 is 24.4 Å². The van der Waals surface area contributed by atoms with Crippen LogP contribution < -0.4 is 169 Å². The molecule has 0 aliphatic rings. The molecule has 0 aromatic heterocycles. The summed E-state index contributed by atoms with van der Waals surface area (Å²) in [7, 11) is -5.39. The molecule has 392 valence electrons. The van der Waals surface area contributed by atoms with Gasteiger partial charge in [-0.25, -0.2) is 0 Å². The number of unbranched alkanes of at least 4 members (excludes halogenated alkanes) is 45. The van der Waals surface area contributed by atoms with Gasteiger partial charge in [-0.2, -0.15) is 7.82 Å². The molecule has 9 heteroatoms. The molecular weight excluding hydrogens is 949 g/mol. The van der Waals surface area contributed by atoms with Crippen molar-refractivity contribution in [2.45, 2.75) is 348 Å². The first-order valence-electron chi connectivity index (χ1n) is 29.8. The Balaban J connectivity index is -0.00000250. The summed E-state index contributed by atoms with van der Waals surface area (Å²) in [5.74, 6) is 0.586. The van der Waals surface area contributed by atoms with Gasteiger partial charge in [0, 0.05) is 0 Å². The fourth-order valence-corrected chi connectivity index (χ4v) is 10.1. The maximum atomic E-state index is 11.2. The third kappa shape index (κ3) is 62.8. The van der Waals surface area contributed by atoms with Crippen LogP contribution in [-0.4, -0.2) is 5.11 Å². The fourth-order valence-electron chi connectivity index (χ4n) is 10.1. The summed E-state index contributed by atoms with van der Waals surface area (Å²) < 4.78 is 8.55. The summed E-state index contributed by atoms with van der Waals surface area (Å²) in [5.41, 5.74) is 4.43. The van der Waals surface area contributed by atoms with Crippen LogP contribution >= 0.6 is 7.82 Å². The van der Waals surface area contributed by atoms with E-state index in [2.05, 4.69) is 32.9 Å². The Bertz CT molecular complexity index is 1160. The molecule has 0 amide bonds. The van der Waals surface area contributed by atoms with Crippen molar-refractivity contribution in [3.8, 4) is 5.75 Å². The van der Waals surface area contributed by atoms with Gasteiger partial charge in [-0.1, -0.05) is 316 Å².